The fourth-order valence-corrected chi connectivity index (χ4v) is 3.52. The van der Waals surface area contributed by atoms with Crippen molar-refractivity contribution >= 4 is 5.91 Å². The molecule has 0 unspecified atom stereocenters. The van der Waals surface area contributed by atoms with Crippen LogP contribution in [0.15, 0.2) is 0 Å². The Morgan fingerprint density at radius 1 is 1.08 bits per heavy atom. The highest BCUT2D eigenvalue weighted by Gasteiger charge is 2.26. The van der Waals surface area contributed by atoms with Crippen molar-refractivity contribution in [1.29, 1.82) is 0 Å². The zero-order valence-corrected chi connectivity index (χ0v) is 15.9. The second-order valence-corrected chi connectivity index (χ2v) is 8.68. The van der Waals surface area contributed by atoms with Gasteiger partial charge in [-0.1, -0.05) is 40.0 Å². The first-order valence-corrected chi connectivity index (χ1v) is 9.77. The summed E-state index contributed by atoms with van der Waals surface area (Å²) in [4.78, 5) is 16.8. The average molecular weight is 340 g/mol. The first kappa shape index (κ1) is 19.7. The molecule has 2 aliphatic rings. The number of aliphatic hydroxyl groups is 1. The minimum atomic E-state index is -0.287. The van der Waals surface area contributed by atoms with Crippen LogP contribution in [0.25, 0.3) is 0 Å². The maximum absolute atomic E-state index is 12.1. The van der Waals surface area contributed by atoms with Crippen molar-refractivity contribution in [2.75, 3.05) is 39.3 Å². The second kappa shape index (κ2) is 9.16. The van der Waals surface area contributed by atoms with Gasteiger partial charge >= 0.3 is 0 Å². The van der Waals surface area contributed by atoms with E-state index in [0.717, 1.165) is 52.1 Å². The molecule has 140 valence electrons. The number of hydrogen-bond donors (Lipinski definition) is 2. The van der Waals surface area contributed by atoms with Gasteiger partial charge in [0.15, 0.2) is 0 Å². The number of β-amino-alcohol motifs (C(OH)–C–C–N with tert-alkyl or cyclic N) is 1. The normalized spacial score (nSPS) is 23.2. The molecule has 1 heterocycles. The zero-order chi connectivity index (χ0) is 17.6. The number of nitrogens with one attached hydrogen (secondary N) is 1. The smallest absolute Gasteiger partial charge is 0.221 e. The lowest BCUT2D eigenvalue weighted by atomic mass is 9.89. The molecule has 1 atom stereocenters. The lowest BCUT2D eigenvalue weighted by Gasteiger charge is -2.38. The van der Waals surface area contributed by atoms with Gasteiger partial charge in [0.1, 0.15) is 0 Å². The third-order valence-corrected chi connectivity index (χ3v) is 5.52. The predicted molar refractivity (Wildman–Crippen MR) is 98.0 cm³/mol. The molecule has 1 amide bonds. The topological polar surface area (TPSA) is 55.8 Å². The summed E-state index contributed by atoms with van der Waals surface area (Å²) < 4.78 is 0. The summed E-state index contributed by atoms with van der Waals surface area (Å²) in [6, 6.07) is 0.419. The van der Waals surface area contributed by atoms with E-state index in [1.54, 1.807) is 0 Å². The Bertz CT molecular complexity index is 381. The van der Waals surface area contributed by atoms with Gasteiger partial charge in [-0.2, -0.15) is 0 Å². The minimum absolute atomic E-state index is 0.0612. The van der Waals surface area contributed by atoms with E-state index >= 15 is 0 Å². The molecule has 5 nitrogen and oxygen atoms in total. The number of hydrogen-bond acceptors (Lipinski definition) is 4. The standard InChI is InChI=1S/C19H37N3O2/c1-19(2,3)17(23)15-22-13-11-21(12-14-22)10-9-18(24)20-16-7-5-4-6-8-16/h16-17,23H,4-15H2,1-3H3,(H,20,24)/t17-/m0/s1. The molecule has 0 aromatic carbocycles. The number of nitrogens with zero attached hydrogens (tertiary/aromatic N) is 2. The van der Waals surface area contributed by atoms with Crippen LogP contribution in [0.4, 0.5) is 0 Å². The fraction of sp³-hybridized carbons (Fsp3) is 0.947. The fourth-order valence-electron chi connectivity index (χ4n) is 3.52. The molecule has 2 fully saturated rings. The first-order chi connectivity index (χ1) is 11.3. The first-order valence-electron chi connectivity index (χ1n) is 9.77. The highest BCUT2D eigenvalue weighted by molar-refractivity contribution is 5.76. The summed E-state index contributed by atoms with van der Waals surface area (Å²) in [5.41, 5.74) is -0.0612. The molecule has 2 rings (SSSR count). The number of rotatable bonds is 6. The van der Waals surface area contributed by atoms with Crippen molar-refractivity contribution in [3.8, 4) is 0 Å². The van der Waals surface area contributed by atoms with Crippen LogP contribution in [-0.4, -0.2) is 72.2 Å². The highest BCUT2D eigenvalue weighted by atomic mass is 16.3. The highest BCUT2D eigenvalue weighted by Crippen LogP contribution is 2.20. The van der Waals surface area contributed by atoms with Crippen LogP contribution in [-0.2, 0) is 4.79 Å². The summed E-state index contributed by atoms with van der Waals surface area (Å²) >= 11 is 0. The molecule has 2 N–H and O–H groups in total. The predicted octanol–water partition coefficient (Wildman–Crippen LogP) is 1.85. The molecular weight excluding hydrogens is 302 g/mol. The number of carbonyl (C=O) groups is 1. The van der Waals surface area contributed by atoms with Gasteiger partial charge in [-0.3, -0.25) is 9.69 Å². The van der Waals surface area contributed by atoms with Crippen molar-refractivity contribution in [2.45, 2.75) is 71.4 Å². The van der Waals surface area contributed by atoms with E-state index in [-0.39, 0.29) is 17.4 Å². The van der Waals surface area contributed by atoms with Gasteiger partial charge in [-0.05, 0) is 18.3 Å². The van der Waals surface area contributed by atoms with Gasteiger partial charge in [0, 0.05) is 51.7 Å². The second-order valence-electron chi connectivity index (χ2n) is 8.68. The van der Waals surface area contributed by atoms with Gasteiger partial charge in [0.25, 0.3) is 0 Å². The molecule has 0 bridgehead atoms. The van der Waals surface area contributed by atoms with Crippen LogP contribution in [0, 0.1) is 5.41 Å². The largest absolute Gasteiger partial charge is 0.391 e. The molecule has 5 heteroatoms. The lowest BCUT2D eigenvalue weighted by molar-refractivity contribution is -0.122. The third-order valence-electron chi connectivity index (χ3n) is 5.52. The van der Waals surface area contributed by atoms with Crippen LogP contribution in [0.5, 0.6) is 0 Å². The van der Waals surface area contributed by atoms with E-state index in [4.69, 9.17) is 0 Å². The minimum Gasteiger partial charge on any atom is -0.391 e. The van der Waals surface area contributed by atoms with E-state index in [1.165, 1.54) is 19.3 Å². The Balaban J connectivity index is 1.60. The Labute approximate surface area is 147 Å². The molecule has 24 heavy (non-hydrogen) atoms. The average Bonchev–Trinajstić information content (AvgIpc) is 2.54. The monoisotopic (exact) mass is 339 g/mol. The SMILES string of the molecule is CC(C)(C)[C@@H](O)CN1CCN(CCC(=O)NC2CCCCC2)CC1. The lowest BCUT2D eigenvalue weighted by Crippen LogP contribution is -2.50. The number of carbonyl (C=O) groups excluding carboxylic acids is 1. The molecule has 0 aromatic rings. The maximum Gasteiger partial charge on any atom is 0.221 e. The molecule has 1 saturated carbocycles. The molecule has 1 saturated heterocycles. The van der Waals surface area contributed by atoms with E-state index < -0.39 is 0 Å². The number of aliphatic hydroxyl groups excluding tert-OH is 1. The van der Waals surface area contributed by atoms with Crippen LogP contribution in [0.1, 0.15) is 59.3 Å². The van der Waals surface area contributed by atoms with Crippen LogP contribution < -0.4 is 5.32 Å². The molecule has 0 radical (unpaired) electrons. The van der Waals surface area contributed by atoms with Crippen molar-refractivity contribution < 1.29 is 9.90 Å². The number of piperazine rings is 1. The van der Waals surface area contributed by atoms with Gasteiger partial charge < -0.3 is 15.3 Å². The van der Waals surface area contributed by atoms with E-state index in [9.17, 15) is 9.90 Å². The van der Waals surface area contributed by atoms with Gasteiger partial charge in [-0.15, -0.1) is 0 Å². The van der Waals surface area contributed by atoms with Crippen molar-refractivity contribution in [3.05, 3.63) is 0 Å². The Morgan fingerprint density at radius 3 is 2.25 bits per heavy atom. The third kappa shape index (κ3) is 6.69. The zero-order valence-electron chi connectivity index (χ0n) is 15.9. The number of amides is 1. The van der Waals surface area contributed by atoms with Gasteiger partial charge in [0.2, 0.25) is 5.91 Å². The molecule has 0 spiro atoms. The summed E-state index contributed by atoms with van der Waals surface area (Å²) in [6.07, 6.45) is 6.47. The van der Waals surface area contributed by atoms with Gasteiger partial charge in [-0.25, -0.2) is 0 Å². The van der Waals surface area contributed by atoms with Crippen molar-refractivity contribution in [2.24, 2.45) is 5.41 Å². The van der Waals surface area contributed by atoms with E-state index in [2.05, 4.69) is 35.9 Å². The van der Waals surface area contributed by atoms with Gasteiger partial charge in [0.05, 0.1) is 6.10 Å². The summed E-state index contributed by atoms with van der Waals surface area (Å²) in [6.45, 7) is 11.8. The van der Waals surface area contributed by atoms with E-state index in [1.807, 2.05) is 0 Å². The summed E-state index contributed by atoms with van der Waals surface area (Å²) in [5, 5.41) is 13.4. The Kier molecular flexibility index (Phi) is 7.51. The van der Waals surface area contributed by atoms with Crippen molar-refractivity contribution in [3.63, 3.8) is 0 Å². The Hall–Kier alpha value is -0.650. The summed E-state index contributed by atoms with van der Waals surface area (Å²) in [5.74, 6) is 0.215. The molecule has 0 aromatic heterocycles. The molecule has 1 aliphatic carbocycles. The van der Waals surface area contributed by atoms with Crippen LogP contribution in [0.2, 0.25) is 0 Å². The quantitative estimate of drug-likeness (QED) is 0.775. The van der Waals surface area contributed by atoms with Crippen LogP contribution >= 0.6 is 0 Å². The summed E-state index contributed by atoms with van der Waals surface area (Å²) in [7, 11) is 0. The maximum atomic E-state index is 12.1. The van der Waals surface area contributed by atoms with Crippen LogP contribution in [0.3, 0.4) is 0 Å². The molecular formula is C19H37N3O2. The van der Waals surface area contributed by atoms with Crippen molar-refractivity contribution in [1.82, 2.24) is 15.1 Å². The molecule has 1 aliphatic heterocycles. The van der Waals surface area contributed by atoms with E-state index in [0.29, 0.717) is 12.5 Å². The Morgan fingerprint density at radius 2 is 1.67 bits per heavy atom.